The van der Waals surface area contributed by atoms with Crippen LogP contribution in [0.2, 0.25) is 0 Å². The molecule has 0 radical (unpaired) electrons. The van der Waals surface area contributed by atoms with E-state index >= 15 is 0 Å². The van der Waals surface area contributed by atoms with E-state index in [0.29, 0.717) is 5.11 Å². The lowest BCUT2D eigenvalue weighted by atomic mass is 10.1. The SMILES string of the molecule is CCc1ccccc1NC(=S)NCCC[NH+]1CCOCC1. The van der Waals surface area contributed by atoms with Crippen molar-refractivity contribution >= 4 is 23.0 Å². The van der Waals surface area contributed by atoms with Gasteiger partial charge in [-0.05, 0) is 30.3 Å². The molecule has 1 aromatic rings. The van der Waals surface area contributed by atoms with Crippen LogP contribution in [0.1, 0.15) is 18.9 Å². The Morgan fingerprint density at radius 3 is 2.81 bits per heavy atom. The standard InChI is InChI=1S/C16H25N3OS/c1-2-14-6-3-4-7-15(14)18-16(21)17-8-5-9-19-10-12-20-13-11-19/h3-4,6-7H,2,5,8-13H2,1H3,(H2,17,18,21)/p+1. The van der Waals surface area contributed by atoms with E-state index in [9.17, 15) is 0 Å². The number of hydrogen-bond acceptors (Lipinski definition) is 2. The highest BCUT2D eigenvalue weighted by Gasteiger charge is 2.12. The minimum absolute atomic E-state index is 0.716. The molecule has 0 spiro atoms. The van der Waals surface area contributed by atoms with Crippen molar-refractivity contribution in [3.63, 3.8) is 0 Å². The summed E-state index contributed by atoms with van der Waals surface area (Å²) in [6.45, 7) is 8.32. The summed E-state index contributed by atoms with van der Waals surface area (Å²) in [7, 11) is 0. The van der Waals surface area contributed by atoms with Crippen LogP contribution < -0.4 is 15.5 Å². The third kappa shape index (κ3) is 5.61. The number of ether oxygens (including phenoxy) is 1. The molecule has 1 fully saturated rings. The minimum atomic E-state index is 0.716. The molecule has 0 bridgehead atoms. The molecule has 2 rings (SSSR count). The molecule has 116 valence electrons. The number of para-hydroxylation sites is 1. The van der Waals surface area contributed by atoms with Gasteiger partial charge in [-0.2, -0.15) is 0 Å². The maximum absolute atomic E-state index is 5.37. The van der Waals surface area contributed by atoms with Crippen LogP contribution in [0.5, 0.6) is 0 Å². The molecule has 3 N–H and O–H groups in total. The molecule has 1 aliphatic rings. The summed E-state index contributed by atoms with van der Waals surface area (Å²) in [6.07, 6.45) is 2.14. The fourth-order valence-corrected chi connectivity index (χ4v) is 2.78. The van der Waals surface area contributed by atoms with Crippen LogP contribution in [0.25, 0.3) is 0 Å². The molecule has 1 aliphatic heterocycles. The number of anilines is 1. The highest BCUT2D eigenvalue weighted by molar-refractivity contribution is 7.80. The first-order valence-corrected chi connectivity index (χ1v) is 8.24. The maximum Gasteiger partial charge on any atom is 0.170 e. The van der Waals surface area contributed by atoms with E-state index in [1.807, 2.05) is 6.07 Å². The van der Waals surface area contributed by atoms with Gasteiger partial charge < -0.3 is 20.3 Å². The topological polar surface area (TPSA) is 37.7 Å². The number of quaternary nitrogens is 1. The molecule has 4 nitrogen and oxygen atoms in total. The van der Waals surface area contributed by atoms with Crippen molar-refractivity contribution in [2.45, 2.75) is 19.8 Å². The first-order valence-electron chi connectivity index (χ1n) is 7.83. The number of nitrogens with one attached hydrogen (secondary N) is 3. The van der Waals surface area contributed by atoms with E-state index in [1.54, 1.807) is 4.90 Å². The average Bonchev–Trinajstić information content (AvgIpc) is 2.53. The molecule has 0 amide bonds. The van der Waals surface area contributed by atoms with Gasteiger partial charge in [0, 0.05) is 18.7 Å². The zero-order valence-corrected chi connectivity index (χ0v) is 13.6. The third-order valence-corrected chi connectivity index (χ3v) is 4.09. The van der Waals surface area contributed by atoms with Crippen LogP contribution in [0.15, 0.2) is 24.3 Å². The van der Waals surface area contributed by atoms with Gasteiger partial charge >= 0.3 is 0 Å². The van der Waals surface area contributed by atoms with Crippen molar-refractivity contribution in [3.8, 4) is 0 Å². The van der Waals surface area contributed by atoms with Gasteiger partial charge in [-0.25, -0.2) is 0 Å². The van der Waals surface area contributed by atoms with E-state index < -0.39 is 0 Å². The Balaban J connectivity index is 1.65. The van der Waals surface area contributed by atoms with E-state index in [0.717, 1.165) is 51.4 Å². The van der Waals surface area contributed by atoms with Gasteiger partial charge in [-0.15, -0.1) is 0 Å². The lowest BCUT2D eigenvalue weighted by molar-refractivity contribution is -0.908. The zero-order valence-electron chi connectivity index (χ0n) is 12.8. The molecule has 0 atom stereocenters. The largest absolute Gasteiger partial charge is 0.370 e. The average molecular weight is 308 g/mol. The van der Waals surface area contributed by atoms with Crippen LogP contribution >= 0.6 is 12.2 Å². The molecule has 0 aliphatic carbocycles. The third-order valence-electron chi connectivity index (χ3n) is 3.84. The second-order valence-corrected chi connectivity index (χ2v) is 5.77. The molecule has 1 saturated heterocycles. The maximum atomic E-state index is 5.37. The summed E-state index contributed by atoms with van der Waals surface area (Å²) in [5, 5.41) is 7.31. The number of thiocarbonyl (C=S) groups is 1. The lowest BCUT2D eigenvalue weighted by Crippen LogP contribution is -3.14. The molecular formula is C16H26N3OS+. The quantitative estimate of drug-likeness (QED) is 0.538. The normalized spacial score (nSPS) is 15.7. The Kier molecular flexibility index (Phi) is 6.92. The van der Waals surface area contributed by atoms with Crippen molar-refractivity contribution in [1.82, 2.24) is 5.32 Å². The lowest BCUT2D eigenvalue weighted by Gasteiger charge is -2.23. The Morgan fingerprint density at radius 2 is 2.05 bits per heavy atom. The van der Waals surface area contributed by atoms with Gasteiger partial charge in [-0.3, -0.25) is 0 Å². The van der Waals surface area contributed by atoms with Crippen LogP contribution in [0, 0.1) is 0 Å². The molecule has 1 aromatic carbocycles. The second kappa shape index (κ2) is 8.97. The summed E-state index contributed by atoms with van der Waals surface area (Å²) in [5.41, 5.74) is 2.40. The van der Waals surface area contributed by atoms with Crippen LogP contribution in [0.4, 0.5) is 5.69 Å². The molecule has 1 heterocycles. The van der Waals surface area contributed by atoms with Crippen molar-refractivity contribution in [2.24, 2.45) is 0 Å². The predicted molar refractivity (Wildman–Crippen MR) is 91.0 cm³/mol. The number of hydrogen-bond donors (Lipinski definition) is 3. The fourth-order valence-electron chi connectivity index (χ4n) is 2.57. The number of aryl methyl sites for hydroxylation is 1. The van der Waals surface area contributed by atoms with E-state index in [2.05, 4.69) is 35.8 Å². The van der Waals surface area contributed by atoms with Crippen molar-refractivity contribution < 1.29 is 9.64 Å². The van der Waals surface area contributed by atoms with Crippen LogP contribution in [0.3, 0.4) is 0 Å². The summed E-state index contributed by atoms with van der Waals surface area (Å²) < 4.78 is 5.37. The first kappa shape index (κ1) is 16.2. The molecule has 0 saturated carbocycles. The van der Waals surface area contributed by atoms with E-state index in [-0.39, 0.29) is 0 Å². The molecule has 21 heavy (non-hydrogen) atoms. The Bertz CT molecular complexity index is 447. The number of benzene rings is 1. The molecule has 0 aromatic heterocycles. The Morgan fingerprint density at radius 1 is 1.29 bits per heavy atom. The van der Waals surface area contributed by atoms with Crippen molar-refractivity contribution in [3.05, 3.63) is 29.8 Å². The minimum Gasteiger partial charge on any atom is -0.370 e. The van der Waals surface area contributed by atoms with Gasteiger partial charge in [0.2, 0.25) is 0 Å². The second-order valence-electron chi connectivity index (χ2n) is 5.36. The van der Waals surface area contributed by atoms with Crippen molar-refractivity contribution in [1.29, 1.82) is 0 Å². The Labute approximate surface area is 132 Å². The van der Waals surface area contributed by atoms with Gasteiger partial charge in [0.15, 0.2) is 5.11 Å². The van der Waals surface area contributed by atoms with E-state index in [1.165, 1.54) is 12.1 Å². The Hall–Kier alpha value is -1.17. The molecule has 5 heteroatoms. The zero-order chi connectivity index (χ0) is 14.9. The van der Waals surface area contributed by atoms with Gasteiger partial charge in [0.25, 0.3) is 0 Å². The first-order chi connectivity index (χ1) is 10.3. The van der Waals surface area contributed by atoms with E-state index in [4.69, 9.17) is 17.0 Å². The van der Waals surface area contributed by atoms with Crippen molar-refractivity contribution in [2.75, 3.05) is 44.7 Å². The highest BCUT2D eigenvalue weighted by Crippen LogP contribution is 2.14. The van der Waals surface area contributed by atoms with Gasteiger partial charge in [0.05, 0.1) is 19.8 Å². The highest BCUT2D eigenvalue weighted by atomic mass is 32.1. The number of morpholine rings is 1. The predicted octanol–water partition coefficient (Wildman–Crippen LogP) is 0.841. The summed E-state index contributed by atoms with van der Waals surface area (Å²) >= 11 is 5.36. The monoisotopic (exact) mass is 308 g/mol. The molecular weight excluding hydrogens is 282 g/mol. The number of rotatable bonds is 6. The summed E-state index contributed by atoms with van der Waals surface area (Å²) in [6, 6.07) is 8.30. The smallest absolute Gasteiger partial charge is 0.170 e. The van der Waals surface area contributed by atoms with Gasteiger partial charge in [0.1, 0.15) is 13.1 Å². The van der Waals surface area contributed by atoms with Crippen LogP contribution in [-0.2, 0) is 11.2 Å². The summed E-state index contributed by atoms with van der Waals surface area (Å²) in [4.78, 5) is 1.64. The fraction of sp³-hybridized carbons (Fsp3) is 0.562. The van der Waals surface area contributed by atoms with Crippen LogP contribution in [-0.4, -0.2) is 44.5 Å². The summed E-state index contributed by atoms with van der Waals surface area (Å²) in [5.74, 6) is 0. The van der Waals surface area contributed by atoms with Gasteiger partial charge in [-0.1, -0.05) is 25.1 Å². The molecule has 0 unspecified atom stereocenters.